The fourth-order valence-electron chi connectivity index (χ4n) is 2.15. The van der Waals surface area contributed by atoms with E-state index in [-0.39, 0.29) is 5.91 Å². The zero-order valence-corrected chi connectivity index (χ0v) is 12.7. The number of thioether (sulfide) groups is 1. The van der Waals surface area contributed by atoms with Gasteiger partial charge in [0.15, 0.2) is 0 Å². The normalized spacial score (nSPS) is 19.6. The van der Waals surface area contributed by atoms with Gasteiger partial charge in [0.05, 0.1) is 25.0 Å². The summed E-state index contributed by atoms with van der Waals surface area (Å²) in [6.07, 6.45) is 0. The second kappa shape index (κ2) is 6.85. The Morgan fingerprint density at radius 3 is 3.05 bits per heavy atom. The molecule has 1 aliphatic rings. The van der Waals surface area contributed by atoms with Crippen LogP contribution in [0.25, 0.3) is 0 Å². The van der Waals surface area contributed by atoms with E-state index >= 15 is 0 Å². The molecule has 3 N–H and O–H groups in total. The van der Waals surface area contributed by atoms with Crippen LogP contribution in [0.1, 0.15) is 6.92 Å². The molecule has 1 heterocycles. The van der Waals surface area contributed by atoms with E-state index in [0.29, 0.717) is 29.7 Å². The van der Waals surface area contributed by atoms with Crippen LogP contribution in [0.4, 0.5) is 11.4 Å². The molecule has 20 heavy (non-hydrogen) atoms. The van der Waals surface area contributed by atoms with Crippen LogP contribution in [0.15, 0.2) is 18.2 Å². The quantitative estimate of drug-likeness (QED) is 0.827. The fourth-order valence-corrected chi connectivity index (χ4v) is 3.23. The van der Waals surface area contributed by atoms with Gasteiger partial charge in [0.25, 0.3) is 0 Å². The molecule has 5 nitrogen and oxygen atoms in total. The molecule has 0 radical (unpaired) electrons. The average Bonchev–Trinajstić information content (AvgIpc) is 2.43. The third kappa shape index (κ3) is 3.80. The summed E-state index contributed by atoms with van der Waals surface area (Å²) in [5.74, 6) is 2.82. The fraction of sp³-hybridized carbons (Fsp3) is 0.500. The Balaban J connectivity index is 1.94. The SMILES string of the molecule is COc1ccc(NC(=O)CN2CCSCC2C)c(N)c1. The predicted molar refractivity (Wildman–Crippen MR) is 84.4 cm³/mol. The van der Waals surface area contributed by atoms with Crippen LogP contribution in [0.3, 0.4) is 0 Å². The maximum absolute atomic E-state index is 12.1. The predicted octanol–water partition coefficient (Wildman–Crippen LogP) is 1.65. The number of ether oxygens (including phenoxy) is 1. The van der Waals surface area contributed by atoms with Crippen molar-refractivity contribution in [3.63, 3.8) is 0 Å². The smallest absolute Gasteiger partial charge is 0.238 e. The molecule has 0 bridgehead atoms. The molecule has 1 saturated heterocycles. The number of carbonyl (C=O) groups excluding carboxylic acids is 1. The number of nitrogens with zero attached hydrogens (tertiary/aromatic N) is 1. The molecule has 1 atom stereocenters. The van der Waals surface area contributed by atoms with Crippen molar-refractivity contribution in [2.45, 2.75) is 13.0 Å². The van der Waals surface area contributed by atoms with Crippen LogP contribution in [0, 0.1) is 0 Å². The van der Waals surface area contributed by atoms with Crippen molar-refractivity contribution in [2.75, 3.05) is 42.8 Å². The molecule has 0 saturated carbocycles. The van der Waals surface area contributed by atoms with Crippen LogP contribution >= 0.6 is 11.8 Å². The zero-order chi connectivity index (χ0) is 14.5. The number of nitrogens with two attached hydrogens (primary N) is 1. The van der Waals surface area contributed by atoms with Crippen molar-refractivity contribution >= 4 is 29.0 Å². The first-order valence-electron chi connectivity index (χ1n) is 6.65. The Kier molecular flexibility index (Phi) is 5.14. The Hall–Kier alpha value is -1.40. The van der Waals surface area contributed by atoms with E-state index < -0.39 is 0 Å². The van der Waals surface area contributed by atoms with Crippen molar-refractivity contribution < 1.29 is 9.53 Å². The second-order valence-corrected chi connectivity index (χ2v) is 6.05. The van der Waals surface area contributed by atoms with Gasteiger partial charge in [0, 0.05) is 30.2 Å². The Labute approximate surface area is 123 Å². The molecule has 1 fully saturated rings. The van der Waals surface area contributed by atoms with E-state index in [0.717, 1.165) is 18.1 Å². The number of hydrogen-bond acceptors (Lipinski definition) is 5. The molecule has 2 rings (SSSR count). The minimum atomic E-state index is -0.0272. The number of carbonyl (C=O) groups is 1. The van der Waals surface area contributed by atoms with E-state index in [1.807, 2.05) is 11.8 Å². The standard InChI is InChI=1S/C14H21N3O2S/c1-10-9-20-6-5-17(10)8-14(18)16-13-4-3-11(19-2)7-12(13)15/h3-4,7,10H,5-6,8-9,15H2,1-2H3,(H,16,18). The van der Waals surface area contributed by atoms with E-state index in [9.17, 15) is 4.79 Å². The highest BCUT2D eigenvalue weighted by Crippen LogP contribution is 2.24. The van der Waals surface area contributed by atoms with E-state index in [4.69, 9.17) is 10.5 Å². The number of rotatable bonds is 4. The van der Waals surface area contributed by atoms with Gasteiger partial charge in [0.2, 0.25) is 5.91 Å². The number of hydrogen-bond donors (Lipinski definition) is 2. The van der Waals surface area contributed by atoms with Crippen molar-refractivity contribution in [1.29, 1.82) is 0 Å². The lowest BCUT2D eigenvalue weighted by Gasteiger charge is -2.32. The number of amides is 1. The summed E-state index contributed by atoms with van der Waals surface area (Å²) in [6.45, 7) is 3.52. The van der Waals surface area contributed by atoms with Crippen LogP contribution in [-0.2, 0) is 4.79 Å². The molecule has 1 amide bonds. The molecule has 0 spiro atoms. The molecular formula is C14H21N3O2S. The third-order valence-corrected chi connectivity index (χ3v) is 4.57. The summed E-state index contributed by atoms with van der Waals surface area (Å²) < 4.78 is 5.09. The van der Waals surface area contributed by atoms with Crippen molar-refractivity contribution in [3.8, 4) is 5.75 Å². The topological polar surface area (TPSA) is 67.6 Å². The lowest BCUT2D eigenvalue weighted by atomic mass is 10.2. The Morgan fingerprint density at radius 1 is 1.60 bits per heavy atom. The molecule has 0 aromatic heterocycles. The van der Waals surface area contributed by atoms with Crippen LogP contribution in [-0.4, -0.2) is 48.6 Å². The molecule has 1 unspecified atom stereocenters. The largest absolute Gasteiger partial charge is 0.497 e. The number of anilines is 2. The van der Waals surface area contributed by atoms with Gasteiger partial charge in [-0.2, -0.15) is 11.8 Å². The van der Waals surface area contributed by atoms with E-state index in [1.54, 1.807) is 25.3 Å². The molecule has 6 heteroatoms. The highest BCUT2D eigenvalue weighted by molar-refractivity contribution is 7.99. The third-order valence-electron chi connectivity index (χ3n) is 3.38. The summed E-state index contributed by atoms with van der Waals surface area (Å²) in [5.41, 5.74) is 7.04. The molecule has 0 aliphatic carbocycles. The van der Waals surface area contributed by atoms with Gasteiger partial charge in [-0.05, 0) is 19.1 Å². The second-order valence-electron chi connectivity index (χ2n) is 4.90. The van der Waals surface area contributed by atoms with E-state index in [1.165, 1.54) is 0 Å². The monoisotopic (exact) mass is 295 g/mol. The van der Waals surface area contributed by atoms with Gasteiger partial charge in [-0.1, -0.05) is 0 Å². The highest BCUT2D eigenvalue weighted by Gasteiger charge is 2.21. The van der Waals surface area contributed by atoms with Gasteiger partial charge in [-0.3, -0.25) is 9.69 Å². The van der Waals surface area contributed by atoms with Crippen molar-refractivity contribution in [3.05, 3.63) is 18.2 Å². The highest BCUT2D eigenvalue weighted by atomic mass is 32.2. The van der Waals surface area contributed by atoms with Crippen molar-refractivity contribution in [2.24, 2.45) is 0 Å². The number of nitrogens with one attached hydrogen (secondary N) is 1. The van der Waals surface area contributed by atoms with Gasteiger partial charge >= 0.3 is 0 Å². The zero-order valence-electron chi connectivity index (χ0n) is 11.9. The molecule has 1 aromatic rings. The Morgan fingerprint density at radius 2 is 2.40 bits per heavy atom. The summed E-state index contributed by atoms with van der Waals surface area (Å²) in [6, 6.07) is 5.69. The molecule has 1 aliphatic heterocycles. The number of methoxy groups -OCH3 is 1. The summed E-state index contributed by atoms with van der Waals surface area (Å²) in [4.78, 5) is 14.3. The maximum atomic E-state index is 12.1. The number of benzene rings is 1. The first-order chi connectivity index (χ1) is 9.60. The minimum Gasteiger partial charge on any atom is -0.497 e. The molecule has 1 aromatic carbocycles. The summed E-state index contributed by atoms with van der Waals surface area (Å²) in [5, 5.41) is 2.86. The summed E-state index contributed by atoms with van der Waals surface area (Å²) in [7, 11) is 1.59. The van der Waals surface area contributed by atoms with E-state index in [2.05, 4.69) is 17.1 Å². The van der Waals surface area contributed by atoms with Gasteiger partial charge in [-0.25, -0.2) is 0 Å². The average molecular weight is 295 g/mol. The first-order valence-corrected chi connectivity index (χ1v) is 7.81. The summed E-state index contributed by atoms with van der Waals surface area (Å²) >= 11 is 1.94. The van der Waals surface area contributed by atoms with Gasteiger partial charge < -0.3 is 15.8 Å². The van der Waals surface area contributed by atoms with Crippen LogP contribution < -0.4 is 15.8 Å². The number of nitrogen functional groups attached to an aromatic ring is 1. The van der Waals surface area contributed by atoms with Crippen molar-refractivity contribution in [1.82, 2.24) is 4.90 Å². The minimum absolute atomic E-state index is 0.0272. The lowest BCUT2D eigenvalue weighted by molar-refractivity contribution is -0.117. The maximum Gasteiger partial charge on any atom is 0.238 e. The molecular weight excluding hydrogens is 274 g/mol. The lowest BCUT2D eigenvalue weighted by Crippen LogP contribution is -2.44. The van der Waals surface area contributed by atoms with Crippen LogP contribution in [0.5, 0.6) is 5.75 Å². The van der Waals surface area contributed by atoms with Crippen LogP contribution in [0.2, 0.25) is 0 Å². The van der Waals surface area contributed by atoms with Gasteiger partial charge in [-0.15, -0.1) is 0 Å². The Bertz CT molecular complexity index is 481. The molecule has 110 valence electrons. The first kappa shape index (κ1) is 15.0. The van der Waals surface area contributed by atoms with Gasteiger partial charge in [0.1, 0.15) is 5.75 Å².